The molecule has 2 rings (SSSR count). The normalized spacial score (nSPS) is 11.0. The lowest BCUT2D eigenvalue weighted by molar-refractivity contribution is 0.579. The average molecular weight is 450 g/mol. The molecular weight excluding hydrogens is 429 g/mol. The van der Waals surface area contributed by atoms with Gasteiger partial charge in [0.05, 0.1) is 0 Å². The Morgan fingerprint density at radius 2 is 1.92 bits per heavy atom. The molecule has 0 spiro atoms. The van der Waals surface area contributed by atoms with Crippen LogP contribution < -0.4 is 10.6 Å². The van der Waals surface area contributed by atoms with E-state index >= 15 is 0 Å². The molecule has 9 heteroatoms. The predicted molar refractivity (Wildman–Crippen MR) is 99.2 cm³/mol. The summed E-state index contributed by atoms with van der Waals surface area (Å²) in [6, 6.07) is 3.39. The second-order valence-electron chi connectivity index (χ2n) is 5.00. The summed E-state index contributed by atoms with van der Waals surface area (Å²) in [7, 11) is 1.63. The first-order chi connectivity index (χ1) is 11.2. The van der Waals surface area contributed by atoms with Crippen molar-refractivity contribution in [3.05, 3.63) is 48.1 Å². The van der Waals surface area contributed by atoms with Gasteiger partial charge in [-0.05, 0) is 31.0 Å². The summed E-state index contributed by atoms with van der Waals surface area (Å²) in [6.07, 6.45) is 5.27. The molecule has 0 amide bonds. The number of rotatable bonds is 7. The topological polar surface area (TPSA) is 67.1 Å². The number of nitrogens with zero attached hydrogens (tertiary/aromatic N) is 4. The molecule has 1 aromatic carbocycles. The largest absolute Gasteiger partial charge is 0.356 e. The van der Waals surface area contributed by atoms with E-state index in [-0.39, 0.29) is 36.1 Å². The van der Waals surface area contributed by atoms with Gasteiger partial charge in [0.15, 0.2) is 5.96 Å². The zero-order valence-electron chi connectivity index (χ0n) is 13.4. The van der Waals surface area contributed by atoms with Crippen LogP contribution in [0, 0.1) is 11.6 Å². The number of aromatic nitrogens is 3. The SMILES string of the molecule is CN=C(NCCCCn1cnnc1)NCc1cc(F)ccc1F.I. The van der Waals surface area contributed by atoms with E-state index in [4.69, 9.17) is 0 Å². The van der Waals surface area contributed by atoms with Gasteiger partial charge in [0.2, 0.25) is 0 Å². The molecule has 1 heterocycles. The molecule has 0 aliphatic heterocycles. The van der Waals surface area contributed by atoms with E-state index in [1.165, 1.54) is 6.07 Å². The second kappa shape index (κ2) is 10.9. The lowest BCUT2D eigenvalue weighted by atomic mass is 10.2. The van der Waals surface area contributed by atoms with Crippen molar-refractivity contribution in [3.63, 3.8) is 0 Å². The predicted octanol–water partition coefficient (Wildman–Crippen LogP) is 2.32. The third-order valence-corrected chi connectivity index (χ3v) is 3.28. The summed E-state index contributed by atoms with van der Waals surface area (Å²) in [5.74, 6) is -0.346. The Bertz CT molecular complexity index is 633. The monoisotopic (exact) mass is 450 g/mol. The number of nitrogens with one attached hydrogen (secondary N) is 2. The fraction of sp³-hybridized carbons (Fsp3) is 0.400. The third-order valence-electron chi connectivity index (χ3n) is 3.28. The van der Waals surface area contributed by atoms with Crippen LogP contribution in [0.4, 0.5) is 8.78 Å². The van der Waals surface area contributed by atoms with Crippen molar-refractivity contribution in [1.82, 2.24) is 25.4 Å². The van der Waals surface area contributed by atoms with Crippen molar-refractivity contribution >= 4 is 29.9 Å². The van der Waals surface area contributed by atoms with Crippen molar-refractivity contribution in [2.24, 2.45) is 4.99 Å². The highest BCUT2D eigenvalue weighted by Gasteiger charge is 2.05. The van der Waals surface area contributed by atoms with E-state index in [0.717, 1.165) is 38.1 Å². The molecule has 0 atom stereocenters. The summed E-state index contributed by atoms with van der Waals surface area (Å²) >= 11 is 0. The molecule has 2 aromatic rings. The molecule has 6 nitrogen and oxygen atoms in total. The number of aryl methyl sites for hydroxylation is 1. The van der Waals surface area contributed by atoms with E-state index in [9.17, 15) is 8.78 Å². The van der Waals surface area contributed by atoms with Crippen LogP contribution in [0.25, 0.3) is 0 Å². The summed E-state index contributed by atoms with van der Waals surface area (Å²) in [5, 5.41) is 13.6. The molecule has 1 aromatic heterocycles. The fourth-order valence-electron chi connectivity index (χ4n) is 2.04. The van der Waals surface area contributed by atoms with Crippen LogP contribution in [-0.4, -0.2) is 34.3 Å². The molecule has 24 heavy (non-hydrogen) atoms. The van der Waals surface area contributed by atoms with Crippen molar-refractivity contribution in [2.45, 2.75) is 25.9 Å². The van der Waals surface area contributed by atoms with Crippen LogP contribution in [-0.2, 0) is 13.1 Å². The Kier molecular flexibility index (Phi) is 9.20. The number of hydrogen-bond donors (Lipinski definition) is 2. The summed E-state index contributed by atoms with van der Waals surface area (Å²) < 4.78 is 28.6. The van der Waals surface area contributed by atoms with Gasteiger partial charge >= 0.3 is 0 Å². The fourth-order valence-corrected chi connectivity index (χ4v) is 2.04. The van der Waals surface area contributed by atoms with Crippen molar-refractivity contribution in [3.8, 4) is 0 Å². The number of guanidine groups is 1. The molecule has 0 fully saturated rings. The number of unbranched alkanes of at least 4 members (excludes halogenated alkanes) is 1. The molecule has 0 radical (unpaired) electrons. The van der Waals surface area contributed by atoms with Gasteiger partial charge in [-0.1, -0.05) is 0 Å². The molecule has 132 valence electrons. The Morgan fingerprint density at radius 1 is 1.17 bits per heavy atom. The smallest absolute Gasteiger partial charge is 0.191 e. The van der Waals surface area contributed by atoms with E-state index in [1.807, 2.05) is 4.57 Å². The zero-order valence-corrected chi connectivity index (χ0v) is 15.7. The maximum absolute atomic E-state index is 13.5. The number of benzene rings is 1. The summed E-state index contributed by atoms with van der Waals surface area (Å²) in [5.41, 5.74) is 0.264. The van der Waals surface area contributed by atoms with Crippen molar-refractivity contribution in [2.75, 3.05) is 13.6 Å². The second-order valence-corrected chi connectivity index (χ2v) is 5.00. The molecule has 0 aliphatic carbocycles. The molecule has 0 unspecified atom stereocenters. The Morgan fingerprint density at radius 3 is 2.62 bits per heavy atom. The quantitative estimate of drug-likeness (QED) is 0.294. The van der Waals surface area contributed by atoms with Crippen molar-refractivity contribution in [1.29, 1.82) is 0 Å². The maximum Gasteiger partial charge on any atom is 0.191 e. The minimum absolute atomic E-state index is 0. The highest BCUT2D eigenvalue weighted by molar-refractivity contribution is 14.0. The van der Waals surface area contributed by atoms with E-state index in [1.54, 1.807) is 19.7 Å². The summed E-state index contributed by atoms with van der Waals surface area (Å²) in [6.45, 7) is 1.76. The highest BCUT2D eigenvalue weighted by Crippen LogP contribution is 2.09. The summed E-state index contributed by atoms with van der Waals surface area (Å²) in [4.78, 5) is 4.06. The van der Waals surface area contributed by atoms with Gasteiger partial charge < -0.3 is 15.2 Å². The van der Waals surface area contributed by atoms with Crippen molar-refractivity contribution < 1.29 is 8.78 Å². The first kappa shape index (κ1) is 20.3. The Hall–Kier alpha value is -1.78. The van der Waals surface area contributed by atoms with Crippen LogP contribution in [0.1, 0.15) is 18.4 Å². The molecule has 0 aliphatic rings. The first-order valence-electron chi connectivity index (χ1n) is 7.40. The molecule has 0 bridgehead atoms. The standard InChI is InChI=1S/C15H20F2N6.HI/c1-18-15(19-6-2-3-7-23-10-21-22-11-23)20-9-12-8-13(16)4-5-14(12)17;/h4-5,8,10-11H,2-3,6-7,9H2,1H3,(H2,18,19,20);1H. The van der Waals surface area contributed by atoms with Crippen LogP contribution in [0.3, 0.4) is 0 Å². The van der Waals surface area contributed by atoms with Gasteiger partial charge in [-0.3, -0.25) is 4.99 Å². The number of aliphatic imine (C=N–C) groups is 1. The van der Waals surface area contributed by atoms with Gasteiger partial charge in [-0.2, -0.15) is 0 Å². The Labute approximate surface area is 156 Å². The van der Waals surface area contributed by atoms with Gasteiger partial charge in [0.25, 0.3) is 0 Å². The minimum Gasteiger partial charge on any atom is -0.356 e. The molecular formula is C15H21F2IN6. The van der Waals surface area contributed by atoms with E-state index in [0.29, 0.717) is 5.96 Å². The van der Waals surface area contributed by atoms with Gasteiger partial charge in [0, 0.05) is 32.2 Å². The minimum atomic E-state index is -0.458. The Balaban J connectivity index is 0.00000288. The van der Waals surface area contributed by atoms with E-state index < -0.39 is 11.6 Å². The van der Waals surface area contributed by atoms with Crippen LogP contribution in [0.5, 0.6) is 0 Å². The molecule has 0 saturated heterocycles. The lowest BCUT2D eigenvalue weighted by Crippen LogP contribution is -2.37. The highest BCUT2D eigenvalue weighted by atomic mass is 127. The lowest BCUT2D eigenvalue weighted by Gasteiger charge is -2.12. The van der Waals surface area contributed by atoms with Gasteiger partial charge in [0.1, 0.15) is 24.3 Å². The van der Waals surface area contributed by atoms with E-state index in [2.05, 4.69) is 25.8 Å². The number of hydrogen-bond acceptors (Lipinski definition) is 3. The average Bonchev–Trinajstić information content (AvgIpc) is 3.06. The van der Waals surface area contributed by atoms with Gasteiger partial charge in [-0.25, -0.2) is 8.78 Å². The van der Waals surface area contributed by atoms with Crippen LogP contribution in [0.15, 0.2) is 35.8 Å². The first-order valence-corrected chi connectivity index (χ1v) is 7.40. The zero-order chi connectivity index (χ0) is 16.5. The molecule has 0 saturated carbocycles. The van der Waals surface area contributed by atoms with Gasteiger partial charge in [-0.15, -0.1) is 34.2 Å². The third kappa shape index (κ3) is 6.77. The molecule has 2 N–H and O–H groups in total. The number of halogens is 3. The van der Waals surface area contributed by atoms with Crippen LogP contribution in [0.2, 0.25) is 0 Å². The van der Waals surface area contributed by atoms with Crippen LogP contribution >= 0.6 is 24.0 Å². The maximum atomic E-state index is 13.5.